The van der Waals surface area contributed by atoms with Crippen LogP contribution in [0, 0.1) is 0 Å². The maximum atomic E-state index is 12.7. The molecule has 6 heteroatoms. The van der Waals surface area contributed by atoms with Crippen LogP contribution in [0.25, 0.3) is 0 Å². The monoisotopic (exact) mass is 811 g/mol. The Bertz CT molecular complexity index is 1070. The second-order valence-electron chi connectivity index (χ2n) is 16.0. The Hall–Kier alpha value is -2.89. The molecule has 0 aromatic rings. The molecule has 0 saturated heterocycles. The largest absolute Gasteiger partial charge is 0.462 e. The Morgan fingerprint density at radius 1 is 0.362 bits per heavy atom. The highest BCUT2D eigenvalue weighted by atomic mass is 16.6. The second-order valence-corrected chi connectivity index (χ2v) is 16.0. The zero-order valence-corrected chi connectivity index (χ0v) is 38.0. The van der Waals surface area contributed by atoms with Gasteiger partial charge in [-0.3, -0.25) is 14.4 Å². The third-order valence-corrected chi connectivity index (χ3v) is 10.3. The van der Waals surface area contributed by atoms with E-state index in [1.807, 2.05) is 0 Å². The van der Waals surface area contributed by atoms with Crippen LogP contribution in [0.3, 0.4) is 0 Å². The van der Waals surface area contributed by atoms with Crippen molar-refractivity contribution in [2.24, 2.45) is 0 Å². The molecule has 0 aromatic carbocycles. The highest BCUT2D eigenvalue weighted by Gasteiger charge is 2.19. The first-order valence-corrected chi connectivity index (χ1v) is 24.3. The van der Waals surface area contributed by atoms with Gasteiger partial charge in [0.05, 0.1) is 0 Å². The molecule has 0 radical (unpaired) electrons. The van der Waals surface area contributed by atoms with Crippen molar-refractivity contribution in [2.45, 2.75) is 239 Å². The van der Waals surface area contributed by atoms with Crippen LogP contribution in [0.4, 0.5) is 0 Å². The van der Waals surface area contributed by atoms with Gasteiger partial charge in [-0.1, -0.05) is 210 Å². The molecular formula is C52H90O6. The fourth-order valence-corrected chi connectivity index (χ4v) is 6.64. The molecule has 1 atom stereocenters. The van der Waals surface area contributed by atoms with Gasteiger partial charge < -0.3 is 14.2 Å². The minimum absolute atomic E-state index is 0.0826. The normalized spacial score (nSPS) is 12.5. The quantitative estimate of drug-likeness (QED) is 0.0264. The van der Waals surface area contributed by atoms with Crippen LogP contribution in [-0.2, 0) is 28.6 Å². The van der Waals surface area contributed by atoms with Crippen molar-refractivity contribution in [3.05, 3.63) is 60.8 Å². The van der Waals surface area contributed by atoms with Crippen molar-refractivity contribution in [3.63, 3.8) is 0 Å². The van der Waals surface area contributed by atoms with E-state index in [1.54, 1.807) is 0 Å². The average Bonchev–Trinajstić information content (AvgIpc) is 3.22. The highest BCUT2D eigenvalue weighted by molar-refractivity contribution is 5.71. The Morgan fingerprint density at radius 3 is 1.05 bits per heavy atom. The molecule has 6 nitrogen and oxygen atoms in total. The van der Waals surface area contributed by atoms with E-state index >= 15 is 0 Å². The van der Waals surface area contributed by atoms with Crippen molar-refractivity contribution < 1.29 is 28.6 Å². The molecule has 0 aliphatic rings. The number of unbranched alkanes of at least 4 members (excludes halogenated alkanes) is 22. The number of esters is 3. The van der Waals surface area contributed by atoms with Crippen LogP contribution in [0.5, 0.6) is 0 Å². The first kappa shape index (κ1) is 55.1. The number of rotatable bonds is 43. The van der Waals surface area contributed by atoms with Gasteiger partial charge in [0.1, 0.15) is 13.2 Å². The molecule has 0 heterocycles. The zero-order valence-electron chi connectivity index (χ0n) is 38.0. The topological polar surface area (TPSA) is 78.9 Å². The van der Waals surface area contributed by atoms with Gasteiger partial charge in [0.2, 0.25) is 0 Å². The molecule has 0 amide bonds. The standard InChI is InChI=1S/C52H90O6/c1-4-7-10-13-16-19-21-23-24-25-26-27-28-30-31-33-36-39-42-45-51(54)57-48-49(47-56-50(53)44-41-38-35-18-15-12-9-6-3)58-52(55)46-43-40-37-34-32-29-22-20-17-14-11-8-5-2/h7,10,16,19,23-24,26-27,30-31,49H,4-6,8-9,11-15,17-18,20-22,25,28-29,32-48H2,1-3H3/b10-7-,19-16-,24-23-,27-26-,31-30-. The molecule has 0 rings (SSSR count). The highest BCUT2D eigenvalue weighted by Crippen LogP contribution is 2.15. The van der Waals surface area contributed by atoms with Crippen molar-refractivity contribution in [3.8, 4) is 0 Å². The maximum absolute atomic E-state index is 12.7. The Labute approximate surface area is 358 Å². The molecule has 0 bridgehead atoms. The summed E-state index contributed by atoms with van der Waals surface area (Å²) in [5.41, 5.74) is 0. The predicted octanol–water partition coefficient (Wildman–Crippen LogP) is 15.7. The number of hydrogen-bond acceptors (Lipinski definition) is 6. The van der Waals surface area contributed by atoms with Gasteiger partial charge in [-0.2, -0.15) is 0 Å². The summed E-state index contributed by atoms with van der Waals surface area (Å²) in [7, 11) is 0. The molecule has 334 valence electrons. The average molecular weight is 811 g/mol. The third kappa shape index (κ3) is 44.2. The summed E-state index contributed by atoms with van der Waals surface area (Å²) in [4.78, 5) is 37.7. The van der Waals surface area contributed by atoms with Crippen molar-refractivity contribution >= 4 is 17.9 Å². The van der Waals surface area contributed by atoms with Gasteiger partial charge >= 0.3 is 17.9 Å². The van der Waals surface area contributed by atoms with E-state index in [0.29, 0.717) is 19.3 Å². The van der Waals surface area contributed by atoms with E-state index in [0.717, 1.165) is 96.3 Å². The van der Waals surface area contributed by atoms with E-state index in [-0.39, 0.29) is 31.1 Å². The van der Waals surface area contributed by atoms with E-state index in [1.165, 1.54) is 96.3 Å². The lowest BCUT2D eigenvalue weighted by Crippen LogP contribution is -2.30. The first-order chi connectivity index (χ1) is 28.5. The lowest BCUT2D eigenvalue weighted by molar-refractivity contribution is -0.167. The number of allylic oxidation sites excluding steroid dienone is 10. The van der Waals surface area contributed by atoms with E-state index in [9.17, 15) is 14.4 Å². The molecule has 0 fully saturated rings. The molecule has 0 aliphatic heterocycles. The summed E-state index contributed by atoms with van der Waals surface area (Å²) in [6.45, 7) is 6.46. The molecular weight excluding hydrogens is 721 g/mol. The summed E-state index contributed by atoms with van der Waals surface area (Å²) in [5.74, 6) is -0.918. The summed E-state index contributed by atoms with van der Waals surface area (Å²) >= 11 is 0. The number of hydrogen-bond donors (Lipinski definition) is 0. The molecule has 0 spiro atoms. The Balaban J connectivity index is 4.36. The summed E-state index contributed by atoms with van der Waals surface area (Å²) in [5, 5.41) is 0. The van der Waals surface area contributed by atoms with Gasteiger partial charge in [0.15, 0.2) is 6.10 Å². The van der Waals surface area contributed by atoms with Crippen molar-refractivity contribution in [2.75, 3.05) is 13.2 Å². The van der Waals surface area contributed by atoms with Crippen LogP contribution in [0.15, 0.2) is 60.8 Å². The van der Waals surface area contributed by atoms with E-state index in [4.69, 9.17) is 14.2 Å². The summed E-state index contributed by atoms with van der Waals surface area (Å²) in [6.07, 6.45) is 56.4. The maximum Gasteiger partial charge on any atom is 0.306 e. The lowest BCUT2D eigenvalue weighted by atomic mass is 10.0. The fraction of sp³-hybridized carbons (Fsp3) is 0.750. The van der Waals surface area contributed by atoms with Gasteiger partial charge in [-0.05, 0) is 64.2 Å². The Morgan fingerprint density at radius 2 is 0.672 bits per heavy atom. The summed E-state index contributed by atoms with van der Waals surface area (Å²) in [6, 6.07) is 0. The van der Waals surface area contributed by atoms with Crippen molar-refractivity contribution in [1.82, 2.24) is 0 Å². The van der Waals surface area contributed by atoms with Crippen LogP contribution in [-0.4, -0.2) is 37.2 Å². The first-order valence-electron chi connectivity index (χ1n) is 24.3. The molecule has 1 unspecified atom stereocenters. The summed E-state index contributed by atoms with van der Waals surface area (Å²) < 4.78 is 16.7. The number of carbonyl (C=O) groups is 3. The molecule has 0 saturated carbocycles. The minimum atomic E-state index is -0.781. The van der Waals surface area contributed by atoms with Crippen LogP contribution in [0.1, 0.15) is 233 Å². The van der Waals surface area contributed by atoms with Crippen LogP contribution < -0.4 is 0 Å². The van der Waals surface area contributed by atoms with Gasteiger partial charge in [-0.25, -0.2) is 0 Å². The third-order valence-electron chi connectivity index (χ3n) is 10.3. The second kappa shape index (κ2) is 46.8. The lowest BCUT2D eigenvalue weighted by Gasteiger charge is -2.18. The Kier molecular flexibility index (Phi) is 44.5. The molecule has 0 aliphatic carbocycles. The fourth-order valence-electron chi connectivity index (χ4n) is 6.64. The molecule has 0 aromatic heterocycles. The number of ether oxygens (including phenoxy) is 3. The van der Waals surface area contributed by atoms with Gasteiger partial charge in [0.25, 0.3) is 0 Å². The van der Waals surface area contributed by atoms with Gasteiger partial charge in [-0.15, -0.1) is 0 Å². The SMILES string of the molecule is CC/C=C\C/C=C\C/C=C\C/C=C\C/C=C\CCCCCC(=O)OCC(COC(=O)CCCCCCCCCC)OC(=O)CCCCCCCCCCCCCCC. The zero-order chi connectivity index (χ0) is 42.3. The number of carbonyl (C=O) groups excluding carboxylic acids is 3. The predicted molar refractivity (Wildman–Crippen MR) is 247 cm³/mol. The smallest absolute Gasteiger partial charge is 0.306 e. The molecule has 0 N–H and O–H groups in total. The minimum Gasteiger partial charge on any atom is -0.462 e. The van der Waals surface area contributed by atoms with E-state index in [2.05, 4.69) is 81.5 Å². The molecule has 58 heavy (non-hydrogen) atoms. The van der Waals surface area contributed by atoms with Crippen molar-refractivity contribution in [1.29, 1.82) is 0 Å². The van der Waals surface area contributed by atoms with Crippen LogP contribution >= 0.6 is 0 Å². The van der Waals surface area contributed by atoms with Crippen LogP contribution in [0.2, 0.25) is 0 Å². The van der Waals surface area contributed by atoms with E-state index < -0.39 is 6.10 Å². The van der Waals surface area contributed by atoms with Gasteiger partial charge in [0, 0.05) is 19.3 Å².